The molecule has 1 aromatic rings. The third-order valence-electron chi connectivity index (χ3n) is 2.20. The summed E-state index contributed by atoms with van der Waals surface area (Å²) < 4.78 is 5.40. The molecule has 15 heavy (non-hydrogen) atoms. The second-order valence-electron chi connectivity index (χ2n) is 3.49. The summed E-state index contributed by atoms with van der Waals surface area (Å²) in [4.78, 5) is 0. The van der Waals surface area contributed by atoms with Crippen LogP contribution in [0.1, 0.15) is 12.0 Å². The molecule has 0 fully saturated rings. The molecule has 0 spiro atoms. The molecule has 3 N–H and O–H groups in total. The maximum absolute atomic E-state index is 5.40. The van der Waals surface area contributed by atoms with Crippen LogP contribution in [0.4, 0.5) is 0 Å². The Kier molecular flexibility index (Phi) is 5.81. The van der Waals surface area contributed by atoms with Crippen LogP contribution >= 0.6 is 0 Å². The highest BCUT2D eigenvalue weighted by molar-refractivity contribution is 5.27. The zero-order valence-corrected chi connectivity index (χ0v) is 9.33. The van der Waals surface area contributed by atoms with Gasteiger partial charge >= 0.3 is 0 Å². The summed E-state index contributed by atoms with van der Waals surface area (Å²) in [7, 11) is 1.98. The minimum Gasteiger partial charge on any atom is -0.492 e. The molecule has 84 valence electrons. The number of nitrogens with two attached hydrogens (primary N) is 1. The largest absolute Gasteiger partial charge is 0.492 e. The molecule has 0 aliphatic carbocycles. The van der Waals surface area contributed by atoms with Crippen LogP contribution in [0.15, 0.2) is 24.3 Å². The normalized spacial score (nSPS) is 10.3. The Bertz CT molecular complexity index is 259. The molecule has 1 rings (SSSR count). The highest BCUT2D eigenvalue weighted by Gasteiger charge is 1.95. The van der Waals surface area contributed by atoms with E-state index in [4.69, 9.17) is 10.5 Å². The molecular weight excluding hydrogens is 188 g/mol. The number of nitrogens with one attached hydrogen (secondary N) is 1. The lowest BCUT2D eigenvalue weighted by Crippen LogP contribution is -2.10. The molecule has 0 aromatic heterocycles. The Morgan fingerprint density at radius 3 is 2.60 bits per heavy atom. The topological polar surface area (TPSA) is 47.3 Å². The van der Waals surface area contributed by atoms with Crippen molar-refractivity contribution in [3.05, 3.63) is 29.8 Å². The number of benzene rings is 1. The Hall–Kier alpha value is -1.06. The summed E-state index contributed by atoms with van der Waals surface area (Å²) in [5.74, 6) is 0.901. The maximum Gasteiger partial charge on any atom is 0.119 e. The van der Waals surface area contributed by atoms with Crippen LogP contribution in [0, 0.1) is 0 Å². The predicted molar refractivity (Wildman–Crippen MR) is 63.2 cm³/mol. The van der Waals surface area contributed by atoms with Crippen molar-refractivity contribution in [2.75, 3.05) is 26.7 Å². The summed E-state index contributed by atoms with van der Waals surface area (Å²) in [6.07, 6.45) is 2.28. The number of ether oxygens (including phenoxy) is 1. The molecule has 0 aliphatic heterocycles. The van der Waals surface area contributed by atoms with Crippen LogP contribution in [0.2, 0.25) is 0 Å². The van der Waals surface area contributed by atoms with Gasteiger partial charge in [-0.3, -0.25) is 0 Å². The van der Waals surface area contributed by atoms with Crippen LogP contribution in [0.5, 0.6) is 5.75 Å². The molecule has 3 nitrogen and oxygen atoms in total. The van der Waals surface area contributed by atoms with Crippen molar-refractivity contribution < 1.29 is 4.74 Å². The van der Waals surface area contributed by atoms with Gasteiger partial charge in [0, 0.05) is 6.54 Å². The second kappa shape index (κ2) is 7.26. The molecular formula is C12H20N2O. The molecule has 0 heterocycles. The van der Waals surface area contributed by atoms with Crippen molar-refractivity contribution in [2.24, 2.45) is 5.73 Å². The highest BCUT2D eigenvalue weighted by atomic mass is 16.5. The molecule has 0 bridgehead atoms. The molecule has 0 unspecified atom stereocenters. The molecule has 0 saturated carbocycles. The summed E-state index contributed by atoms with van der Waals surface area (Å²) in [5, 5.41) is 3.14. The average molecular weight is 208 g/mol. The fourth-order valence-electron chi connectivity index (χ4n) is 1.40. The van der Waals surface area contributed by atoms with Gasteiger partial charge in [-0.05, 0) is 44.1 Å². The first-order valence-electron chi connectivity index (χ1n) is 5.43. The van der Waals surface area contributed by atoms with Crippen LogP contribution in [-0.2, 0) is 6.42 Å². The van der Waals surface area contributed by atoms with Crippen molar-refractivity contribution in [1.82, 2.24) is 5.32 Å². The fraction of sp³-hybridized carbons (Fsp3) is 0.500. The second-order valence-corrected chi connectivity index (χ2v) is 3.49. The van der Waals surface area contributed by atoms with Gasteiger partial charge in [-0.15, -0.1) is 0 Å². The molecule has 0 amide bonds. The first-order chi connectivity index (χ1) is 7.36. The van der Waals surface area contributed by atoms with Gasteiger partial charge in [-0.25, -0.2) is 0 Å². The van der Waals surface area contributed by atoms with E-state index in [9.17, 15) is 0 Å². The van der Waals surface area contributed by atoms with Gasteiger partial charge in [-0.1, -0.05) is 12.1 Å². The van der Waals surface area contributed by atoms with E-state index < -0.39 is 0 Å². The van der Waals surface area contributed by atoms with Crippen LogP contribution < -0.4 is 15.8 Å². The molecule has 1 aromatic carbocycles. The van der Waals surface area contributed by atoms with Crippen molar-refractivity contribution in [3.8, 4) is 5.75 Å². The molecule has 3 heteroatoms. The van der Waals surface area contributed by atoms with E-state index in [2.05, 4.69) is 17.4 Å². The maximum atomic E-state index is 5.40. The Labute approximate surface area is 91.6 Å². The minimum absolute atomic E-state index is 0.559. The lowest BCUT2D eigenvalue weighted by atomic mass is 10.1. The average Bonchev–Trinajstić information content (AvgIpc) is 2.28. The van der Waals surface area contributed by atoms with Gasteiger partial charge in [0.2, 0.25) is 0 Å². The smallest absolute Gasteiger partial charge is 0.119 e. The third kappa shape index (κ3) is 4.81. The Morgan fingerprint density at radius 2 is 2.00 bits per heavy atom. The van der Waals surface area contributed by atoms with Crippen LogP contribution in [-0.4, -0.2) is 26.7 Å². The SMILES string of the molecule is CNCCCc1ccc(OCCN)cc1. The van der Waals surface area contributed by atoms with Gasteiger partial charge < -0.3 is 15.8 Å². The molecule has 0 saturated heterocycles. The zero-order valence-electron chi connectivity index (χ0n) is 9.33. The van der Waals surface area contributed by atoms with Gasteiger partial charge in [-0.2, -0.15) is 0 Å². The lowest BCUT2D eigenvalue weighted by molar-refractivity contribution is 0.328. The fourth-order valence-corrected chi connectivity index (χ4v) is 1.40. The number of hydrogen-bond donors (Lipinski definition) is 2. The van der Waals surface area contributed by atoms with E-state index in [1.807, 2.05) is 19.2 Å². The molecule has 0 aliphatic rings. The third-order valence-corrected chi connectivity index (χ3v) is 2.20. The van der Waals surface area contributed by atoms with Gasteiger partial charge in [0.05, 0.1) is 0 Å². The van der Waals surface area contributed by atoms with E-state index in [-0.39, 0.29) is 0 Å². The highest BCUT2D eigenvalue weighted by Crippen LogP contribution is 2.12. The van der Waals surface area contributed by atoms with Crippen molar-refractivity contribution in [2.45, 2.75) is 12.8 Å². The quantitative estimate of drug-likeness (QED) is 0.661. The van der Waals surface area contributed by atoms with Crippen molar-refractivity contribution in [3.63, 3.8) is 0 Å². The Morgan fingerprint density at radius 1 is 1.27 bits per heavy atom. The van der Waals surface area contributed by atoms with E-state index in [0.29, 0.717) is 13.2 Å². The van der Waals surface area contributed by atoms with E-state index >= 15 is 0 Å². The summed E-state index contributed by atoms with van der Waals surface area (Å²) in [6.45, 7) is 2.20. The van der Waals surface area contributed by atoms with E-state index in [0.717, 1.165) is 18.7 Å². The predicted octanol–water partition coefficient (Wildman–Crippen LogP) is 1.18. The standard InChI is InChI=1S/C12H20N2O/c1-14-9-2-3-11-4-6-12(7-5-11)15-10-8-13/h4-7,14H,2-3,8-10,13H2,1H3. The summed E-state index contributed by atoms with van der Waals surface area (Å²) in [5.41, 5.74) is 6.71. The summed E-state index contributed by atoms with van der Waals surface area (Å²) in [6, 6.07) is 8.23. The van der Waals surface area contributed by atoms with Gasteiger partial charge in [0.1, 0.15) is 12.4 Å². The summed E-state index contributed by atoms with van der Waals surface area (Å²) >= 11 is 0. The van der Waals surface area contributed by atoms with E-state index in [1.54, 1.807) is 0 Å². The number of rotatable bonds is 7. The first-order valence-corrected chi connectivity index (χ1v) is 5.43. The van der Waals surface area contributed by atoms with Gasteiger partial charge in [0.15, 0.2) is 0 Å². The molecule has 0 atom stereocenters. The number of aryl methyl sites for hydroxylation is 1. The Balaban J connectivity index is 2.35. The molecule has 0 radical (unpaired) electrons. The zero-order chi connectivity index (χ0) is 10.9. The van der Waals surface area contributed by atoms with Crippen LogP contribution in [0.3, 0.4) is 0 Å². The van der Waals surface area contributed by atoms with Crippen molar-refractivity contribution >= 4 is 0 Å². The van der Waals surface area contributed by atoms with Crippen LogP contribution in [0.25, 0.3) is 0 Å². The van der Waals surface area contributed by atoms with Crippen molar-refractivity contribution in [1.29, 1.82) is 0 Å². The number of hydrogen-bond acceptors (Lipinski definition) is 3. The minimum atomic E-state index is 0.559. The van der Waals surface area contributed by atoms with Gasteiger partial charge in [0.25, 0.3) is 0 Å². The first kappa shape index (κ1) is 12.0. The van der Waals surface area contributed by atoms with E-state index in [1.165, 1.54) is 12.0 Å². The lowest BCUT2D eigenvalue weighted by Gasteiger charge is -2.05. The monoisotopic (exact) mass is 208 g/mol.